The lowest BCUT2D eigenvalue weighted by Crippen LogP contribution is -2.33. The van der Waals surface area contributed by atoms with Gasteiger partial charge in [0.2, 0.25) is 0 Å². The van der Waals surface area contributed by atoms with Crippen molar-refractivity contribution in [1.29, 1.82) is 0 Å². The highest BCUT2D eigenvalue weighted by molar-refractivity contribution is 5.88. The molecule has 0 fully saturated rings. The van der Waals surface area contributed by atoms with E-state index in [1.807, 2.05) is 43.3 Å². The van der Waals surface area contributed by atoms with E-state index in [0.717, 1.165) is 11.1 Å². The predicted molar refractivity (Wildman–Crippen MR) is 86.6 cm³/mol. The number of hydrogen-bond donors (Lipinski definition) is 3. The minimum Gasteiger partial charge on any atom is -0.396 e. The number of nitrogens with one attached hydrogen (secondary N) is 2. The first kappa shape index (κ1) is 16.0. The van der Waals surface area contributed by atoms with Crippen molar-refractivity contribution in [1.82, 2.24) is 10.3 Å². The summed E-state index contributed by atoms with van der Waals surface area (Å²) in [5.41, 5.74) is 2.05. The van der Waals surface area contributed by atoms with Crippen molar-refractivity contribution in [2.24, 2.45) is 0 Å². The number of anilines is 1. The van der Waals surface area contributed by atoms with Gasteiger partial charge in [0.1, 0.15) is 5.82 Å². The van der Waals surface area contributed by atoms with Gasteiger partial charge >= 0.3 is 6.03 Å². The van der Waals surface area contributed by atoms with Crippen molar-refractivity contribution in [2.45, 2.75) is 25.8 Å². The number of rotatable bonds is 6. The summed E-state index contributed by atoms with van der Waals surface area (Å²) in [6, 6.07) is 12.9. The molecule has 0 unspecified atom stereocenters. The number of carbonyl (C=O) groups excluding carboxylic acids is 1. The van der Waals surface area contributed by atoms with Gasteiger partial charge in [0.05, 0.1) is 6.04 Å². The van der Waals surface area contributed by atoms with Crippen LogP contribution in [0.1, 0.15) is 30.0 Å². The zero-order chi connectivity index (χ0) is 15.8. The summed E-state index contributed by atoms with van der Waals surface area (Å²) in [6.07, 6.45) is 3.01. The maximum absolute atomic E-state index is 12.1. The second-order valence-corrected chi connectivity index (χ2v) is 5.15. The molecule has 0 radical (unpaired) electrons. The van der Waals surface area contributed by atoms with Crippen LogP contribution in [0, 0.1) is 6.92 Å². The molecular weight excluding hydrogens is 278 g/mol. The van der Waals surface area contributed by atoms with Crippen molar-refractivity contribution < 1.29 is 9.90 Å². The van der Waals surface area contributed by atoms with Crippen molar-refractivity contribution in [2.75, 3.05) is 11.9 Å². The Morgan fingerprint density at radius 2 is 2.00 bits per heavy atom. The Kier molecular flexibility index (Phi) is 5.91. The minimum absolute atomic E-state index is 0.103. The molecule has 2 amide bonds. The molecule has 0 spiro atoms. The number of aliphatic hydroxyl groups excluding tert-OH is 1. The molecule has 2 rings (SSSR count). The first-order chi connectivity index (χ1) is 10.7. The van der Waals surface area contributed by atoms with Crippen molar-refractivity contribution >= 4 is 11.8 Å². The molecule has 3 N–H and O–H groups in total. The van der Waals surface area contributed by atoms with E-state index in [0.29, 0.717) is 18.7 Å². The van der Waals surface area contributed by atoms with Gasteiger partial charge in [-0.1, -0.05) is 36.4 Å². The van der Waals surface area contributed by atoms with E-state index in [1.54, 1.807) is 12.3 Å². The maximum atomic E-state index is 12.1. The molecule has 22 heavy (non-hydrogen) atoms. The van der Waals surface area contributed by atoms with Crippen LogP contribution in [0.5, 0.6) is 0 Å². The van der Waals surface area contributed by atoms with Crippen LogP contribution in [0.3, 0.4) is 0 Å². The highest BCUT2D eigenvalue weighted by Crippen LogP contribution is 2.18. The van der Waals surface area contributed by atoms with Gasteiger partial charge in [0.25, 0.3) is 0 Å². The molecule has 0 aliphatic carbocycles. The summed E-state index contributed by atoms with van der Waals surface area (Å²) in [7, 11) is 0. The fourth-order valence-corrected chi connectivity index (χ4v) is 2.16. The summed E-state index contributed by atoms with van der Waals surface area (Å²) in [5.74, 6) is 0.511. The van der Waals surface area contributed by atoms with E-state index in [2.05, 4.69) is 15.6 Å². The standard InChI is InChI=1S/C17H21N3O2/c1-13-9-10-16(18-12-13)20-17(22)19-15(8-5-11-21)14-6-3-2-4-7-14/h2-4,6-7,9-10,12,15,21H,5,8,11H2,1H3,(H2,18,19,20,22)/t15-/m1/s1. The number of pyridine rings is 1. The summed E-state index contributed by atoms with van der Waals surface area (Å²) in [5, 5.41) is 14.7. The van der Waals surface area contributed by atoms with Crippen LogP contribution < -0.4 is 10.6 Å². The molecule has 2 aromatic rings. The third-order valence-corrected chi connectivity index (χ3v) is 3.31. The lowest BCUT2D eigenvalue weighted by Gasteiger charge is -2.19. The van der Waals surface area contributed by atoms with Crippen molar-refractivity contribution in [3.8, 4) is 0 Å². The first-order valence-corrected chi connectivity index (χ1v) is 7.35. The number of aryl methyl sites for hydroxylation is 1. The third kappa shape index (κ3) is 4.86. The molecule has 1 heterocycles. The lowest BCUT2D eigenvalue weighted by atomic mass is 10.0. The molecule has 1 aromatic carbocycles. The van der Waals surface area contributed by atoms with Crippen LogP contribution in [0.25, 0.3) is 0 Å². The highest BCUT2D eigenvalue weighted by Gasteiger charge is 2.14. The number of urea groups is 1. The third-order valence-electron chi connectivity index (χ3n) is 3.31. The Morgan fingerprint density at radius 1 is 1.23 bits per heavy atom. The van der Waals surface area contributed by atoms with Crippen LogP contribution >= 0.6 is 0 Å². The Balaban J connectivity index is 2.00. The van der Waals surface area contributed by atoms with Gasteiger partial charge in [-0.2, -0.15) is 0 Å². The van der Waals surface area contributed by atoms with E-state index in [4.69, 9.17) is 5.11 Å². The van der Waals surface area contributed by atoms with E-state index in [9.17, 15) is 4.79 Å². The van der Waals surface area contributed by atoms with E-state index < -0.39 is 0 Å². The number of carbonyl (C=O) groups is 1. The Bertz CT molecular complexity index is 585. The number of amides is 2. The van der Waals surface area contributed by atoms with Gasteiger partial charge in [-0.25, -0.2) is 9.78 Å². The molecule has 1 atom stereocenters. The molecule has 116 valence electrons. The maximum Gasteiger partial charge on any atom is 0.320 e. The summed E-state index contributed by atoms with van der Waals surface area (Å²) in [6.45, 7) is 2.04. The number of nitrogens with zero attached hydrogens (tertiary/aromatic N) is 1. The molecule has 5 nitrogen and oxygen atoms in total. The van der Waals surface area contributed by atoms with Gasteiger partial charge in [-0.3, -0.25) is 5.32 Å². The fourth-order valence-electron chi connectivity index (χ4n) is 2.16. The van der Waals surface area contributed by atoms with Gasteiger partial charge in [0.15, 0.2) is 0 Å². The second-order valence-electron chi connectivity index (χ2n) is 5.15. The Hall–Kier alpha value is -2.40. The molecule has 0 saturated heterocycles. The van der Waals surface area contributed by atoms with Gasteiger partial charge < -0.3 is 10.4 Å². The summed E-state index contributed by atoms with van der Waals surface area (Å²) >= 11 is 0. The van der Waals surface area contributed by atoms with Crippen molar-refractivity contribution in [3.05, 3.63) is 59.8 Å². The molecule has 0 aliphatic heterocycles. The molecule has 5 heteroatoms. The van der Waals surface area contributed by atoms with E-state index in [1.165, 1.54) is 0 Å². The molecule has 0 aliphatic rings. The monoisotopic (exact) mass is 299 g/mol. The molecule has 0 saturated carbocycles. The Morgan fingerprint density at radius 3 is 2.64 bits per heavy atom. The minimum atomic E-state index is -0.303. The quantitative estimate of drug-likeness (QED) is 0.767. The Labute approximate surface area is 130 Å². The summed E-state index contributed by atoms with van der Waals surface area (Å²) < 4.78 is 0. The largest absolute Gasteiger partial charge is 0.396 e. The van der Waals surface area contributed by atoms with E-state index in [-0.39, 0.29) is 18.7 Å². The first-order valence-electron chi connectivity index (χ1n) is 7.35. The van der Waals surface area contributed by atoms with Gasteiger partial charge in [-0.05, 0) is 37.0 Å². The van der Waals surface area contributed by atoms with Gasteiger partial charge in [0, 0.05) is 12.8 Å². The highest BCUT2D eigenvalue weighted by atomic mass is 16.3. The fraction of sp³-hybridized carbons (Fsp3) is 0.294. The van der Waals surface area contributed by atoms with Crippen molar-refractivity contribution in [3.63, 3.8) is 0 Å². The molecular formula is C17H21N3O2. The smallest absolute Gasteiger partial charge is 0.320 e. The van der Waals surface area contributed by atoms with Crippen LogP contribution in [0.4, 0.5) is 10.6 Å². The molecule has 1 aromatic heterocycles. The number of benzene rings is 1. The average molecular weight is 299 g/mol. The predicted octanol–water partition coefficient (Wildman–Crippen LogP) is 3.03. The van der Waals surface area contributed by atoms with Crippen LogP contribution in [0.15, 0.2) is 48.7 Å². The second kappa shape index (κ2) is 8.14. The average Bonchev–Trinajstić information content (AvgIpc) is 2.54. The van der Waals surface area contributed by atoms with Gasteiger partial charge in [-0.15, -0.1) is 0 Å². The normalized spacial score (nSPS) is 11.7. The number of aliphatic hydroxyl groups is 1. The summed E-state index contributed by atoms with van der Waals surface area (Å²) in [4.78, 5) is 16.3. The molecule has 0 bridgehead atoms. The SMILES string of the molecule is Cc1ccc(NC(=O)N[C@H](CCCO)c2ccccc2)nc1. The van der Waals surface area contributed by atoms with Crippen LogP contribution in [0.2, 0.25) is 0 Å². The lowest BCUT2D eigenvalue weighted by molar-refractivity contribution is 0.243. The number of aromatic nitrogens is 1. The zero-order valence-electron chi connectivity index (χ0n) is 12.6. The van der Waals surface area contributed by atoms with E-state index >= 15 is 0 Å². The number of hydrogen-bond acceptors (Lipinski definition) is 3. The zero-order valence-corrected chi connectivity index (χ0v) is 12.6. The van der Waals surface area contributed by atoms with Crippen LogP contribution in [-0.4, -0.2) is 22.7 Å². The topological polar surface area (TPSA) is 74.2 Å². The van der Waals surface area contributed by atoms with Crippen LogP contribution in [-0.2, 0) is 0 Å².